The van der Waals surface area contributed by atoms with Gasteiger partial charge >= 0.3 is 0 Å². The summed E-state index contributed by atoms with van der Waals surface area (Å²) in [6, 6.07) is 8.59. The first-order valence-electron chi connectivity index (χ1n) is 7.41. The summed E-state index contributed by atoms with van der Waals surface area (Å²) in [6.45, 7) is 9.53. The number of nitrogens with zero attached hydrogens (tertiary/aromatic N) is 1. The Balaban J connectivity index is 1.51. The summed E-state index contributed by atoms with van der Waals surface area (Å²) in [4.78, 5) is 2.50. The molecule has 0 amide bonds. The summed E-state index contributed by atoms with van der Waals surface area (Å²) < 4.78 is 5.35. The predicted molar refractivity (Wildman–Crippen MR) is 79.4 cm³/mol. The zero-order valence-corrected chi connectivity index (χ0v) is 12.0. The van der Waals surface area contributed by atoms with E-state index in [1.807, 2.05) is 0 Å². The fourth-order valence-electron chi connectivity index (χ4n) is 2.44. The van der Waals surface area contributed by atoms with Crippen LogP contribution >= 0.6 is 0 Å². The number of hydrogen-bond acceptors (Lipinski definition) is 3. The summed E-state index contributed by atoms with van der Waals surface area (Å²) in [5.74, 6) is 0. The van der Waals surface area contributed by atoms with Crippen molar-refractivity contribution in [3.05, 3.63) is 35.4 Å². The highest BCUT2D eigenvalue weighted by Crippen LogP contribution is 2.06. The number of nitrogens with one attached hydrogen (secondary N) is 1. The van der Waals surface area contributed by atoms with E-state index in [-0.39, 0.29) is 0 Å². The van der Waals surface area contributed by atoms with Gasteiger partial charge in [0.25, 0.3) is 0 Å². The first kappa shape index (κ1) is 14.5. The van der Waals surface area contributed by atoms with Crippen LogP contribution in [0.3, 0.4) is 0 Å². The molecule has 1 aliphatic rings. The van der Waals surface area contributed by atoms with E-state index in [2.05, 4.69) is 41.4 Å². The molecule has 1 aromatic carbocycles. The first-order valence-corrected chi connectivity index (χ1v) is 7.41. The minimum absolute atomic E-state index is 0.908. The lowest BCUT2D eigenvalue weighted by molar-refractivity contribution is 0.0372. The molecule has 0 bridgehead atoms. The minimum Gasteiger partial charge on any atom is -0.379 e. The van der Waals surface area contributed by atoms with Gasteiger partial charge in [-0.25, -0.2) is 0 Å². The SMILES string of the molecule is Cc1ccccc1CNCCCCN1CCOCC1. The van der Waals surface area contributed by atoms with Crippen LogP contribution in [0, 0.1) is 6.92 Å². The van der Waals surface area contributed by atoms with Gasteiger partial charge in [0.05, 0.1) is 13.2 Å². The Morgan fingerprint density at radius 3 is 2.74 bits per heavy atom. The summed E-state index contributed by atoms with van der Waals surface area (Å²) in [5, 5.41) is 3.54. The van der Waals surface area contributed by atoms with Crippen LogP contribution in [0.4, 0.5) is 0 Å². The summed E-state index contributed by atoms with van der Waals surface area (Å²) in [5.41, 5.74) is 2.79. The van der Waals surface area contributed by atoms with Crippen LogP contribution in [0.5, 0.6) is 0 Å². The van der Waals surface area contributed by atoms with Crippen molar-refractivity contribution in [2.75, 3.05) is 39.4 Å². The molecule has 0 aliphatic carbocycles. The fourth-order valence-corrected chi connectivity index (χ4v) is 2.44. The number of benzene rings is 1. The zero-order chi connectivity index (χ0) is 13.3. The van der Waals surface area contributed by atoms with Crippen molar-refractivity contribution in [3.8, 4) is 0 Å². The van der Waals surface area contributed by atoms with Crippen LogP contribution in [0.2, 0.25) is 0 Å². The van der Waals surface area contributed by atoms with E-state index in [1.165, 1.54) is 30.5 Å². The molecular formula is C16H26N2O. The topological polar surface area (TPSA) is 24.5 Å². The highest BCUT2D eigenvalue weighted by molar-refractivity contribution is 5.25. The van der Waals surface area contributed by atoms with E-state index < -0.39 is 0 Å². The van der Waals surface area contributed by atoms with Crippen molar-refractivity contribution in [3.63, 3.8) is 0 Å². The Labute approximate surface area is 116 Å². The summed E-state index contributed by atoms with van der Waals surface area (Å²) in [6.07, 6.45) is 2.53. The second-order valence-corrected chi connectivity index (χ2v) is 5.26. The molecule has 0 aromatic heterocycles. The van der Waals surface area contributed by atoms with Gasteiger partial charge in [-0.05, 0) is 44.0 Å². The molecule has 0 saturated carbocycles. The number of aryl methyl sites for hydroxylation is 1. The smallest absolute Gasteiger partial charge is 0.0594 e. The maximum atomic E-state index is 5.35. The van der Waals surface area contributed by atoms with E-state index in [0.717, 1.165) is 39.4 Å². The van der Waals surface area contributed by atoms with Crippen molar-refractivity contribution in [2.45, 2.75) is 26.3 Å². The lowest BCUT2D eigenvalue weighted by Gasteiger charge is -2.26. The Bertz CT molecular complexity index is 362. The molecule has 1 N–H and O–H groups in total. The maximum absolute atomic E-state index is 5.35. The van der Waals surface area contributed by atoms with Crippen LogP contribution in [-0.4, -0.2) is 44.3 Å². The Morgan fingerprint density at radius 2 is 1.95 bits per heavy atom. The van der Waals surface area contributed by atoms with Crippen LogP contribution in [-0.2, 0) is 11.3 Å². The maximum Gasteiger partial charge on any atom is 0.0594 e. The van der Waals surface area contributed by atoms with Crippen molar-refractivity contribution >= 4 is 0 Å². The molecule has 19 heavy (non-hydrogen) atoms. The third-order valence-electron chi connectivity index (χ3n) is 3.76. The Morgan fingerprint density at radius 1 is 1.16 bits per heavy atom. The van der Waals surface area contributed by atoms with Gasteiger partial charge in [-0.2, -0.15) is 0 Å². The van der Waals surface area contributed by atoms with E-state index in [1.54, 1.807) is 0 Å². The van der Waals surface area contributed by atoms with Crippen molar-refractivity contribution in [2.24, 2.45) is 0 Å². The van der Waals surface area contributed by atoms with Crippen molar-refractivity contribution < 1.29 is 4.74 Å². The quantitative estimate of drug-likeness (QED) is 0.762. The third kappa shape index (κ3) is 5.31. The number of hydrogen-bond donors (Lipinski definition) is 1. The zero-order valence-electron chi connectivity index (χ0n) is 12.0. The van der Waals surface area contributed by atoms with Crippen LogP contribution in [0.25, 0.3) is 0 Å². The molecule has 0 unspecified atom stereocenters. The molecule has 1 heterocycles. The van der Waals surface area contributed by atoms with E-state index in [4.69, 9.17) is 4.74 Å². The second kappa shape index (κ2) is 8.31. The molecule has 1 aliphatic heterocycles. The molecule has 0 spiro atoms. The standard InChI is InChI=1S/C16H26N2O/c1-15-6-2-3-7-16(15)14-17-8-4-5-9-18-10-12-19-13-11-18/h2-3,6-7,17H,4-5,8-14H2,1H3. The highest BCUT2D eigenvalue weighted by Gasteiger charge is 2.08. The fraction of sp³-hybridized carbons (Fsp3) is 0.625. The van der Waals surface area contributed by atoms with Gasteiger partial charge in [0.15, 0.2) is 0 Å². The average molecular weight is 262 g/mol. The highest BCUT2D eigenvalue weighted by atomic mass is 16.5. The largest absolute Gasteiger partial charge is 0.379 e. The molecule has 0 radical (unpaired) electrons. The van der Waals surface area contributed by atoms with Gasteiger partial charge in [0, 0.05) is 19.6 Å². The van der Waals surface area contributed by atoms with Crippen LogP contribution in [0.15, 0.2) is 24.3 Å². The number of rotatable bonds is 7. The molecule has 0 atom stereocenters. The molecule has 106 valence electrons. The summed E-state index contributed by atoms with van der Waals surface area (Å²) in [7, 11) is 0. The molecule has 3 heteroatoms. The van der Waals surface area contributed by atoms with Gasteiger partial charge in [0.1, 0.15) is 0 Å². The molecule has 1 saturated heterocycles. The lowest BCUT2D eigenvalue weighted by atomic mass is 10.1. The second-order valence-electron chi connectivity index (χ2n) is 5.26. The summed E-state index contributed by atoms with van der Waals surface area (Å²) >= 11 is 0. The van der Waals surface area contributed by atoms with Crippen LogP contribution < -0.4 is 5.32 Å². The minimum atomic E-state index is 0.908. The van der Waals surface area contributed by atoms with Crippen molar-refractivity contribution in [1.29, 1.82) is 0 Å². The van der Waals surface area contributed by atoms with E-state index >= 15 is 0 Å². The van der Waals surface area contributed by atoms with Gasteiger partial charge in [-0.3, -0.25) is 4.90 Å². The Kier molecular flexibility index (Phi) is 6.34. The van der Waals surface area contributed by atoms with Gasteiger partial charge < -0.3 is 10.1 Å². The van der Waals surface area contributed by atoms with E-state index in [0.29, 0.717) is 0 Å². The number of morpholine rings is 1. The predicted octanol–water partition coefficient (Wildman–Crippen LogP) is 2.20. The van der Waals surface area contributed by atoms with Crippen LogP contribution in [0.1, 0.15) is 24.0 Å². The van der Waals surface area contributed by atoms with Gasteiger partial charge in [0.2, 0.25) is 0 Å². The molecule has 2 rings (SSSR count). The average Bonchev–Trinajstić information content (AvgIpc) is 2.45. The van der Waals surface area contributed by atoms with Crippen molar-refractivity contribution in [1.82, 2.24) is 10.2 Å². The molecular weight excluding hydrogens is 236 g/mol. The normalized spacial score (nSPS) is 16.7. The monoisotopic (exact) mass is 262 g/mol. The number of ether oxygens (including phenoxy) is 1. The third-order valence-corrected chi connectivity index (χ3v) is 3.76. The van der Waals surface area contributed by atoms with Gasteiger partial charge in [-0.15, -0.1) is 0 Å². The Hall–Kier alpha value is -0.900. The van der Waals surface area contributed by atoms with E-state index in [9.17, 15) is 0 Å². The molecule has 1 aromatic rings. The number of unbranched alkanes of at least 4 members (excludes halogenated alkanes) is 1. The molecule has 3 nitrogen and oxygen atoms in total. The first-order chi connectivity index (χ1) is 9.36. The lowest BCUT2D eigenvalue weighted by Crippen LogP contribution is -2.37. The molecule has 1 fully saturated rings. The van der Waals surface area contributed by atoms with Gasteiger partial charge in [-0.1, -0.05) is 24.3 Å².